The summed E-state index contributed by atoms with van der Waals surface area (Å²) in [6, 6.07) is 7.03. The van der Waals surface area contributed by atoms with E-state index in [0.717, 1.165) is 23.8 Å². The van der Waals surface area contributed by atoms with Crippen molar-refractivity contribution in [3.63, 3.8) is 0 Å². The molecular weight excluding hydrogens is 223 g/mol. The van der Waals surface area contributed by atoms with Crippen LogP contribution < -0.4 is 0 Å². The normalized spacial score (nSPS) is 23.8. The Kier molecular flexibility index (Phi) is 4.98. The van der Waals surface area contributed by atoms with Gasteiger partial charge in [0.25, 0.3) is 0 Å². The number of halogens is 1. The Labute approximate surface area is 110 Å². The van der Waals surface area contributed by atoms with Crippen LogP contribution in [-0.4, -0.2) is 0 Å². The average Bonchev–Trinajstić information content (AvgIpc) is 2.38. The SMILES string of the molecule is C=CCC1CCC(CCc2cccc(F)c2)CC1. The summed E-state index contributed by atoms with van der Waals surface area (Å²) in [5.41, 5.74) is 1.14. The average molecular weight is 246 g/mol. The van der Waals surface area contributed by atoms with Crippen molar-refractivity contribution in [2.24, 2.45) is 11.8 Å². The fourth-order valence-corrected chi connectivity index (χ4v) is 3.05. The highest BCUT2D eigenvalue weighted by Gasteiger charge is 2.19. The summed E-state index contributed by atoms with van der Waals surface area (Å²) in [5, 5.41) is 0. The minimum Gasteiger partial charge on any atom is -0.207 e. The van der Waals surface area contributed by atoms with E-state index >= 15 is 0 Å². The molecule has 0 N–H and O–H groups in total. The monoisotopic (exact) mass is 246 g/mol. The number of hydrogen-bond donors (Lipinski definition) is 0. The van der Waals surface area contributed by atoms with Gasteiger partial charge in [0.05, 0.1) is 0 Å². The molecule has 1 saturated carbocycles. The quantitative estimate of drug-likeness (QED) is 0.631. The van der Waals surface area contributed by atoms with Crippen molar-refractivity contribution >= 4 is 0 Å². The molecule has 0 unspecified atom stereocenters. The Morgan fingerprint density at radius 1 is 1.17 bits per heavy atom. The minimum atomic E-state index is -0.109. The number of aryl methyl sites for hydroxylation is 1. The van der Waals surface area contributed by atoms with Gasteiger partial charge in [-0.15, -0.1) is 6.58 Å². The van der Waals surface area contributed by atoms with Crippen molar-refractivity contribution in [3.05, 3.63) is 48.3 Å². The lowest BCUT2D eigenvalue weighted by molar-refractivity contribution is 0.265. The van der Waals surface area contributed by atoms with Crippen LogP contribution in [-0.2, 0) is 6.42 Å². The van der Waals surface area contributed by atoms with E-state index in [1.54, 1.807) is 6.07 Å². The van der Waals surface area contributed by atoms with Crippen LogP contribution in [0.15, 0.2) is 36.9 Å². The fraction of sp³-hybridized carbons (Fsp3) is 0.529. The topological polar surface area (TPSA) is 0 Å². The molecule has 0 saturated heterocycles. The molecule has 0 heterocycles. The van der Waals surface area contributed by atoms with Crippen LogP contribution in [0.5, 0.6) is 0 Å². The second-order valence-electron chi connectivity index (χ2n) is 5.58. The van der Waals surface area contributed by atoms with Crippen LogP contribution in [0.1, 0.15) is 44.1 Å². The van der Waals surface area contributed by atoms with E-state index in [4.69, 9.17) is 0 Å². The molecule has 0 spiro atoms. The first kappa shape index (κ1) is 13.3. The Bertz CT molecular complexity index is 375. The highest BCUT2D eigenvalue weighted by Crippen LogP contribution is 2.33. The smallest absolute Gasteiger partial charge is 0.123 e. The van der Waals surface area contributed by atoms with Gasteiger partial charge in [-0.3, -0.25) is 0 Å². The predicted molar refractivity (Wildman–Crippen MR) is 75.0 cm³/mol. The van der Waals surface area contributed by atoms with E-state index in [1.165, 1.54) is 44.6 Å². The molecule has 1 heteroatoms. The summed E-state index contributed by atoms with van der Waals surface area (Å²) in [6.07, 6.45) is 10.8. The van der Waals surface area contributed by atoms with Crippen LogP contribution >= 0.6 is 0 Å². The van der Waals surface area contributed by atoms with Crippen molar-refractivity contribution in [1.82, 2.24) is 0 Å². The highest BCUT2D eigenvalue weighted by atomic mass is 19.1. The molecule has 2 rings (SSSR count). The minimum absolute atomic E-state index is 0.109. The fourth-order valence-electron chi connectivity index (χ4n) is 3.05. The van der Waals surface area contributed by atoms with Crippen molar-refractivity contribution in [3.8, 4) is 0 Å². The first-order valence-corrected chi connectivity index (χ1v) is 7.13. The molecule has 18 heavy (non-hydrogen) atoms. The van der Waals surface area contributed by atoms with Gasteiger partial charge < -0.3 is 0 Å². The van der Waals surface area contributed by atoms with Gasteiger partial charge in [0, 0.05) is 0 Å². The van der Waals surface area contributed by atoms with Gasteiger partial charge in [-0.1, -0.05) is 31.1 Å². The summed E-state index contributed by atoms with van der Waals surface area (Å²) in [6.45, 7) is 3.82. The maximum absolute atomic E-state index is 13.1. The van der Waals surface area contributed by atoms with Gasteiger partial charge >= 0.3 is 0 Å². The molecule has 0 bridgehead atoms. The van der Waals surface area contributed by atoms with Crippen LogP contribution in [0.4, 0.5) is 4.39 Å². The first-order valence-electron chi connectivity index (χ1n) is 7.13. The van der Waals surface area contributed by atoms with Gasteiger partial charge in [0.15, 0.2) is 0 Å². The predicted octanol–water partition coefficient (Wildman–Crippen LogP) is 5.14. The lowest BCUT2D eigenvalue weighted by Crippen LogP contribution is -2.14. The first-order chi connectivity index (χ1) is 8.78. The Morgan fingerprint density at radius 2 is 1.89 bits per heavy atom. The Hall–Kier alpha value is -1.11. The summed E-state index contributed by atoms with van der Waals surface area (Å²) < 4.78 is 13.1. The molecule has 1 aliphatic rings. The largest absolute Gasteiger partial charge is 0.207 e. The van der Waals surface area contributed by atoms with Crippen molar-refractivity contribution in [2.75, 3.05) is 0 Å². The summed E-state index contributed by atoms with van der Waals surface area (Å²) in [7, 11) is 0. The molecule has 0 atom stereocenters. The van der Waals surface area contributed by atoms with Gasteiger partial charge in [0.2, 0.25) is 0 Å². The second kappa shape index (κ2) is 6.72. The maximum atomic E-state index is 13.1. The Balaban J connectivity index is 1.73. The number of hydrogen-bond acceptors (Lipinski definition) is 0. The molecule has 0 amide bonds. The number of benzene rings is 1. The molecule has 98 valence electrons. The van der Waals surface area contributed by atoms with E-state index in [-0.39, 0.29) is 5.82 Å². The zero-order valence-corrected chi connectivity index (χ0v) is 11.1. The van der Waals surface area contributed by atoms with Crippen molar-refractivity contribution in [2.45, 2.75) is 44.9 Å². The second-order valence-corrected chi connectivity index (χ2v) is 5.58. The molecule has 0 aromatic heterocycles. The van der Waals surface area contributed by atoms with Crippen LogP contribution in [0, 0.1) is 17.7 Å². The molecule has 1 aliphatic carbocycles. The third-order valence-electron chi connectivity index (χ3n) is 4.20. The van der Waals surface area contributed by atoms with E-state index in [1.807, 2.05) is 12.1 Å². The third kappa shape index (κ3) is 3.97. The molecule has 0 nitrogen and oxygen atoms in total. The molecule has 0 aliphatic heterocycles. The lowest BCUT2D eigenvalue weighted by Gasteiger charge is -2.27. The van der Waals surface area contributed by atoms with Gasteiger partial charge in [-0.05, 0) is 61.6 Å². The van der Waals surface area contributed by atoms with Gasteiger partial charge in [-0.25, -0.2) is 4.39 Å². The maximum Gasteiger partial charge on any atom is 0.123 e. The van der Waals surface area contributed by atoms with E-state index in [0.29, 0.717) is 0 Å². The van der Waals surface area contributed by atoms with Crippen LogP contribution in [0.2, 0.25) is 0 Å². The lowest BCUT2D eigenvalue weighted by atomic mass is 9.78. The van der Waals surface area contributed by atoms with E-state index in [9.17, 15) is 4.39 Å². The zero-order valence-electron chi connectivity index (χ0n) is 11.1. The summed E-state index contributed by atoms with van der Waals surface area (Å²) in [5.74, 6) is 1.60. The molecule has 1 fully saturated rings. The van der Waals surface area contributed by atoms with Gasteiger partial charge in [0.1, 0.15) is 5.82 Å². The molecule has 1 aromatic rings. The van der Waals surface area contributed by atoms with Crippen molar-refractivity contribution < 1.29 is 4.39 Å². The number of allylic oxidation sites excluding steroid dienone is 1. The standard InChI is InChI=1S/C17H23F/c1-2-4-14-7-9-15(10-8-14)11-12-16-5-3-6-17(18)13-16/h2-3,5-6,13-15H,1,4,7-12H2. The van der Waals surface area contributed by atoms with E-state index < -0.39 is 0 Å². The van der Waals surface area contributed by atoms with Gasteiger partial charge in [-0.2, -0.15) is 0 Å². The van der Waals surface area contributed by atoms with Crippen LogP contribution in [0.25, 0.3) is 0 Å². The van der Waals surface area contributed by atoms with Crippen molar-refractivity contribution in [1.29, 1.82) is 0 Å². The molecular formula is C17H23F. The molecule has 1 aromatic carbocycles. The Morgan fingerprint density at radius 3 is 2.56 bits per heavy atom. The zero-order chi connectivity index (χ0) is 12.8. The summed E-state index contributed by atoms with van der Waals surface area (Å²) in [4.78, 5) is 0. The van der Waals surface area contributed by atoms with Crippen LogP contribution in [0.3, 0.4) is 0 Å². The third-order valence-corrected chi connectivity index (χ3v) is 4.20. The summed E-state index contributed by atoms with van der Waals surface area (Å²) >= 11 is 0. The van der Waals surface area contributed by atoms with E-state index in [2.05, 4.69) is 12.7 Å². The molecule has 0 radical (unpaired) electrons. The highest BCUT2D eigenvalue weighted by molar-refractivity contribution is 5.16. The number of rotatable bonds is 5.